The number of benzene rings is 1. The van der Waals surface area contributed by atoms with E-state index in [-0.39, 0.29) is 5.56 Å². The highest BCUT2D eigenvalue weighted by Crippen LogP contribution is 2.25. The lowest BCUT2D eigenvalue weighted by atomic mass is 9.99. The van der Waals surface area contributed by atoms with Crippen molar-refractivity contribution in [3.05, 3.63) is 56.9 Å². The van der Waals surface area contributed by atoms with Crippen LogP contribution in [0.4, 0.5) is 0 Å². The van der Waals surface area contributed by atoms with E-state index in [1.807, 2.05) is 11.5 Å². The molecule has 2 aromatic rings. The predicted octanol–water partition coefficient (Wildman–Crippen LogP) is 3.31. The molecule has 0 fully saturated rings. The Kier molecular flexibility index (Phi) is 4.63. The van der Waals surface area contributed by atoms with Gasteiger partial charge in [0.15, 0.2) is 0 Å². The van der Waals surface area contributed by atoms with E-state index < -0.39 is 0 Å². The molecule has 0 saturated heterocycles. The first-order valence-electron chi connectivity index (χ1n) is 7.50. The van der Waals surface area contributed by atoms with E-state index in [1.165, 1.54) is 11.1 Å². The van der Waals surface area contributed by atoms with E-state index in [0.29, 0.717) is 6.54 Å². The molecule has 0 saturated carbocycles. The van der Waals surface area contributed by atoms with E-state index in [1.54, 1.807) is 0 Å². The SMILES string of the molecule is CCCn1c(-c2cc(C)ccc2C)cc(C)c(CN)c1=O. The number of hydrogen-bond donors (Lipinski definition) is 1. The van der Waals surface area contributed by atoms with Crippen LogP contribution >= 0.6 is 0 Å². The highest BCUT2D eigenvalue weighted by atomic mass is 16.1. The molecule has 3 nitrogen and oxygen atoms in total. The largest absolute Gasteiger partial charge is 0.326 e. The molecule has 0 atom stereocenters. The number of aromatic nitrogens is 1. The van der Waals surface area contributed by atoms with Crippen molar-refractivity contribution in [2.75, 3.05) is 0 Å². The summed E-state index contributed by atoms with van der Waals surface area (Å²) >= 11 is 0. The molecule has 1 aromatic heterocycles. The van der Waals surface area contributed by atoms with Crippen molar-refractivity contribution in [3.63, 3.8) is 0 Å². The number of pyridine rings is 1. The second kappa shape index (κ2) is 6.27. The Morgan fingerprint density at radius 3 is 2.43 bits per heavy atom. The smallest absolute Gasteiger partial charge is 0.255 e. The predicted molar refractivity (Wildman–Crippen MR) is 88.5 cm³/mol. The van der Waals surface area contributed by atoms with Crippen molar-refractivity contribution in [1.82, 2.24) is 4.57 Å². The summed E-state index contributed by atoms with van der Waals surface area (Å²) in [4.78, 5) is 12.7. The van der Waals surface area contributed by atoms with Gasteiger partial charge in [-0.05, 0) is 50.5 Å². The Balaban J connectivity index is 2.79. The highest BCUT2D eigenvalue weighted by molar-refractivity contribution is 5.66. The normalized spacial score (nSPS) is 10.9. The molecular formula is C18H24N2O. The van der Waals surface area contributed by atoms with Crippen molar-refractivity contribution < 1.29 is 0 Å². The minimum atomic E-state index is 0.0512. The van der Waals surface area contributed by atoms with Crippen LogP contribution < -0.4 is 11.3 Å². The Hall–Kier alpha value is -1.87. The van der Waals surface area contributed by atoms with Gasteiger partial charge in [0.05, 0.1) is 5.69 Å². The molecule has 21 heavy (non-hydrogen) atoms. The fourth-order valence-corrected chi connectivity index (χ4v) is 2.74. The van der Waals surface area contributed by atoms with E-state index >= 15 is 0 Å². The number of rotatable bonds is 4. The molecule has 0 spiro atoms. The van der Waals surface area contributed by atoms with Gasteiger partial charge in [-0.15, -0.1) is 0 Å². The van der Waals surface area contributed by atoms with Gasteiger partial charge in [-0.2, -0.15) is 0 Å². The van der Waals surface area contributed by atoms with Crippen LogP contribution in [0.1, 0.15) is 35.6 Å². The lowest BCUT2D eigenvalue weighted by molar-refractivity contribution is 0.651. The summed E-state index contributed by atoms with van der Waals surface area (Å²) in [7, 11) is 0. The van der Waals surface area contributed by atoms with Crippen LogP contribution in [0.5, 0.6) is 0 Å². The number of aryl methyl sites for hydroxylation is 3. The number of hydrogen-bond acceptors (Lipinski definition) is 2. The van der Waals surface area contributed by atoms with Crippen LogP contribution in [-0.4, -0.2) is 4.57 Å². The van der Waals surface area contributed by atoms with Crippen LogP contribution in [0, 0.1) is 20.8 Å². The quantitative estimate of drug-likeness (QED) is 0.936. The Bertz CT molecular complexity index is 714. The average Bonchev–Trinajstić information content (AvgIpc) is 2.45. The van der Waals surface area contributed by atoms with Gasteiger partial charge in [0.2, 0.25) is 0 Å². The number of nitrogens with two attached hydrogens (primary N) is 1. The molecule has 0 amide bonds. The van der Waals surface area contributed by atoms with E-state index in [9.17, 15) is 4.79 Å². The second-order valence-electron chi connectivity index (χ2n) is 5.67. The molecule has 1 heterocycles. The van der Waals surface area contributed by atoms with Gasteiger partial charge in [0.25, 0.3) is 5.56 Å². The molecule has 3 heteroatoms. The maximum atomic E-state index is 12.7. The minimum Gasteiger partial charge on any atom is -0.326 e. The van der Waals surface area contributed by atoms with Crippen LogP contribution in [0.2, 0.25) is 0 Å². The zero-order valence-corrected chi connectivity index (χ0v) is 13.4. The Morgan fingerprint density at radius 1 is 1.10 bits per heavy atom. The summed E-state index contributed by atoms with van der Waals surface area (Å²) in [5, 5.41) is 0. The molecule has 0 radical (unpaired) electrons. The average molecular weight is 284 g/mol. The molecule has 0 bridgehead atoms. The summed E-state index contributed by atoms with van der Waals surface area (Å²) in [6, 6.07) is 8.46. The summed E-state index contributed by atoms with van der Waals surface area (Å²) in [6.07, 6.45) is 0.921. The third-order valence-corrected chi connectivity index (χ3v) is 3.94. The van der Waals surface area contributed by atoms with Gasteiger partial charge in [-0.3, -0.25) is 4.79 Å². The number of nitrogens with zero attached hydrogens (tertiary/aromatic N) is 1. The summed E-state index contributed by atoms with van der Waals surface area (Å²) in [5.74, 6) is 0. The zero-order chi connectivity index (χ0) is 15.6. The second-order valence-corrected chi connectivity index (χ2v) is 5.67. The van der Waals surface area contributed by atoms with Gasteiger partial charge < -0.3 is 10.3 Å². The standard InChI is InChI=1S/C18H24N2O/c1-5-8-20-17(10-14(4)16(11-19)18(20)21)15-9-12(2)6-7-13(15)3/h6-7,9-10H,5,8,11,19H2,1-4H3. The van der Waals surface area contributed by atoms with Crippen LogP contribution in [-0.2, 0) is 13.1 Å². The minimum absolute atomic E-state index is 0.0512. The fraction of sp³-hybridized carbons (Fsp3) is 0.389. The maximum Gasteiger partial charge on any atom is 0.255 e. The van der Waals surface area contributed by atoms with Crippen LogP contribution in [0.15, 0.2) is 29.1 Å². The molecule has 112 valence electrons. The van der Waals surface area contributed by atoms with Crippen LogP contribution in [0.3, 0.4) is 0 Å². The molecule has 2 rings (SSSR count). The first-order chi connectivity index (χ1) is 9.99. The molecule has 2 N–H and O–H groups in total. The first kappa shape index (κ1) is 15.5. The van der Waals surface area contributed by atoms with Crippen molar-refractivity contribution in [2.45, 2.75) is 47.2 Å². The Morgan fingerprint density at radius 2 is 1.81 bits per heavy atom. The molecule has 1 aromatic carbocycles. The molecule has 0 aliphatic rings. The highest BCUT2D eigenvalue weighted by Gasteiger charge is 2.14. The van der Waals surface area contributed by atoms with Gasteiger partial charge in [0, 0.05) is 24.2 Å². The van der Waals surface area contributed by atoms with Crippen molar-refractivity contribution in [1.29, 1.82) is 0 Å². The third-order valence-electron chi connectivity index (χ3n) is 3.94. The lowest BCUT2D eigenvalue weighted by Crippen LogP contribution is -2.28. The summed E-state index contributed by atoms with van der Waals surface area (Å²) < 4.78 is 1.87. The zero-order valence-electron chi connectivity index (χ0n) is 13.4. The van der Waals surface area contributed by atoms with Crippen molar-refractivity contribution in [3.8, 4) is 11.3 Å². The van der Waals surface area contributed by atoms with E-state index in [4.69, 9.17) is 5.73 Å². The molecule has 0 aliphatic carbocycles. The monoisotopic (exact) mass is 284 g/mol. The molecule has 0 aliphatic heterocycles. The van der Waals surface area contributed by atoms with Gasteiger partial charge in [0.1, 0.15) is 0 Å². The molecular weight excluding hydrogens is 260 g/mol. The van der Waals surface area contributed by atoms with Gasteiger partial charge in [-0.25, -0.2) is 0 Å². The summed E-state index contributed by atoms with van der Waals surface area (Å²) in [5.41, 5.74) is 12.0. The van der Waals surface area contributed by atoms with Crippen molar-refractivity contribution >= 4 is 0 Å². The van der Waals surface area contributed by atoms with Gasteiger partial charge >= 0.3 is 0 Å². The fourth-order valence-electron chi connectivity index (χ4n) is 2.74. The topological polar surface area (TPSA) is 48.0 Å². The summed E-state index contributed by atoms with van der Waals surface area (Å²) in [6.45, 7) is 9.22. The lowest BCUT2D eigenvalue weighted by Gasteiger charge is -2.18. The third kappa shape index (κ3) is 2.93. The first-order valence-corrected chi connectivity index (χ1v) is 7.50. The van der Waals surface area contributed by atoms with Crippen LogP contribution in [0.25, 0.3) is 11.3 Å². The maximum absolute atomic E-state index is 12.7. The van der Waals surface area contributed by atoms with Gasteiger partial charge in [-0.1, -0.05) is 24.6 Å². The van der Waals surface area contributed by atoms with E-state index in [0.717, 1.165) is 35.3 Å². The molecule has 0 unspecified atom stereocenters. The van der Waals surface area contributed by atoms with Crippen molar-refractivity contribution in [2.24, 2.45) is 5.73 Å². The van der Waals surface area contributed by atoms with E-state index in [2.05, 4.69) is 45.0 Å². The Labute approximate surface area is 126 Å².